The minimum atomic E-state index is -0.840. The maximum Gasteiger partial charge on any atom is 0.317 e. The summed E-state index contributed by atoms with van der Waals surface area (Å²) >= 11 is 1.88. The van der Waals surface area contributed by atoms with Crippen LogP contribution in [0, 0.1) is 5.92 Å². The van der Waals surface area contributed by atoms with Crippen LogP contribution in [0.1, 0.15) is 33.1 Å². The number of nitrogens with one attached hydrogen (secondary N) is 1. The van der Waals surface area contributed by atoms with Crippen molar-refractivity contribution in [3.05, 3.63) is 0 Å². The molecule has 0 spiro atoms. The van der Waals surface area contributed by atoms with Crippen molar-refractivity contribution in [3.8, 4) is 0 Å². The summed E-state index contributed by atoms with van der Waals surface area (Å²) in [6.45, 7) is 4.93. The second kappa shape index (κ2) is 6.03. The van der Waals surface area contributed by atoms with Crippen LogP contribution < -0.4 is 5.32 Å². The molecule has 0 bridgehead atoms. The normalized spacial score (nSPS) is 28.8. The molecular formula is C13H22N2O3S. The standard InChI is InChI=1S/C13H22N2O3S/c1-8-9(2)19-6-5-15(8)13(18)14-11(7-12(16)17)10-3-4-10/h8-11H,3-7H2,1-2H3,(H,14,18)(H,16,17). The number of hydrogen-bond donors (Lipinski definition) is 2. The average molecular weight is 286 g/mol. The molecule has 3 atom stereocenters. The smallest absolute Gasteiger partial charge is 0.317 e. The van der Waals surface area contributed by atoms with Crippen LogP contribution >= 0.6 is 11.8 Å². The summed E-state index contributed by atoms with van der Waals surface area (Å²) in [6, 6.07) is -0.108. The van der Waals surface area contributed by atoms with Crippen LogP contribution in [-0.4, -0.2) is 51.6 Å². The molecule has 1 saturated heterocycles. The van der Waals surface area contributed by atoms with Gasteiger partial charge in [-0.2, -0.15) is 11.8 Å². The molecule has 1 saturated carbocycles. The van der Waals surface area contributed by atoms with E-state index in [2.05, 4.69) is 19.2 Å². The highest BCUT2D eigenvalue weighted by molar-refractivity contribution is 8.00. The molecule has 2 amide bonds. The Morgan fingerprint density at radius 3 is 2.68 bits per heavy atom. The maximum absolute atomic E-state index is 12.3. The molecule has 1 aliphatic carbocycles. The number of carbonyl (C=O) groups is 2. The first kappa shape index (κ1) is 14.5. The molecule has 19 heavy (non-hydrogen) atoms. The number of hydrogen-bond acceptors (Lipinski definition) is 3. The van der Waals surface area contributed by atoms with E-state index in [-0.39, 0.29) is 24.5 Å². The average Bonchev–Trinajstić information content (AvgIpc) is 3.15. The van der Waals surface area contributed by atoms with Crippen molar-refractivity contribution in [1.82, 2.24) is 10.2 Å². The molecule has 2 N–H and O–H groups in total. The van der Waals surface area contributed by atoms with E-state index in [1.54, 1.807) is 0 Å². The topological polar surface area (TPSA) is 69.6 Å². The van der Waals surface area contributed by atoms with Crippen molar-refractivity contribution in [1.29, 1.82) is 0 Å². The fourth-order valence-corrected chi connectivity index (χ4v) is 3.58. The molecule has 2 aliphatic rings. The first-order valence-corrected chi connectivity index (χ1v) is 7.94. The predicted octanol–water partition coefficient (Wildman–Crippen LogP) is 1.78. The molecule has 108 valence electrons. The van der Waals surface area contributed by atoms with Crippen LogP contribution in [-0.2, 0) is 4.79 Å². The van der Waals surface area contributed by atoms with Gasteiger partial charge in [-0.1, -0.05) is 6.92 Å². The van der Waals surface area contributed by atoms with E-state index in [0.717, 1.165) is 25.1 Å². The third kappa shape index (κ3) is 3.78. The van der Waals surface area contributed by atoms with Gasteiger partial charge in [-0.15, -0.1) is 0 Å². The van der Waals surface area contributed by atoms with Gasteiger partial charge in [0.15, 0.2) is 0 Å². The molecule has 1 aliphatic heterocycles. The molecule has 0 radical (unpaired) electrons. The molecule has 0 aromatic rings. The van der Waals surface area contributed by atoms with Gasteiger partial charge >= 0.3 is 12.0 Å². The van der Waals surface area contributed by atoms with Gasteiger partial charge < -0.3 is 15.3 Å². The zero-order chi connectivity index (χ0) is 14.0. The van der Waals surface area contributed by atoms with Crippen molar-refractivity contribution >= 4 is 23.8 Å². The number of carboxylic acids is 1. The van der Waals surface area contributed by atoms with Gasteiger partial charge in [0, 0.05) is 29.6 Å². The van der Waals surface area contributed by atoms with E-state index in [1.165, 1.54) is 0 Å². The number of thioether (sulfide) groups is 1. The third-order valence-electron chi connectivity index (χ3n) is 4.04. The van der Waals surface area contributed by atoms with Crippen molar-refractivity contribution < 1.29 is 14.7 Å². The number of aliphatic carboxylic acids is 1. The molecule has 0 aromatic heterocycles. The van der Waals surface area contributed by atoms with Gasteiger partial charge in [0.25, 0.3) is 0 Å². The zero-order valence-corrected chi connectivity index (χ0v) is 12.3. The Morgan fingerprint density at radius 1 is 1.42 bits per heavy atom. The number of urea groups is 1. The summed E-state index contributed by atoms with van der Waals surface area (Å²) in [7, 11) is 0. The van der Waals surface area contributed by atoms with Crippen molar-refractivity contribution in [3.63, 3.8) is 0 Å². The second-order valence-electron chi connectivity index (χ2n) is 5.50. The summed E-state index contributed by atoms with van der Waals surface area (Å²) in [6.07, 6.45) is 2.09. The third-order valence-corrected chi connectivity index (χ3v) is 5.38. The number of amides is 2. The Bertz CT molecular complexity index is 360. The predicted molar refractivity (Wildman–Crippen MR) is 75.4 cm³/mol. The lowest BCUT2D eigenvalue weighted by atomic mass is 10.1. The minimum Gasteiger partial charge on any atom is -0.481 e. The molecule has 3 unspecified atom stereocenters. The Morgan fingerprint density at radius 2 is 2.11 bits per heavy atom. The molecule has 0 aromatic carbocycles. The van der Waals surface area contributed by atoms with Crippen LogP contribution in [0.15, 0.2) is 0 Å². The van der Waals surface area contributed by atoms with Gasteiger partial charge in [-0.05, 0) is 25.7 Å². The summed E-state index contributed by atoms with van der Waals surface area (Å²) in [5.41, 5.74) is 0. The quantitative estimate of drug-likeness (QED) is 0.826. The lowest BCUT2D eigenvalue weighted by Gasteiger charge is -2.38. The van der Waals surface area contributed by atoms with Gasteiger partial charge in [0.2, 0.25) is 0 Å². The van der Waals surface area contributed by atoms with E-state index < -0.39 is 5.97 Å². The number of carboxylic acid groups (broad SMARTS) is 1. The minimum absolute atomic E-state index is 0.0307. The van der Waals surface area contributed by atoms with Crippen LogP contribution in [0.3, 0.4) is 0 Å². The maximum atomic E-state index is 12.3. The summed E-state index contributed by atoms with van der Waals surface area (Å²) in [5.74, 6) is 0.464. The highest BCUT2D eigenvalue weighted by Gasteiger charge is 2.36. The Labute approximate surface area is 118 Å². The van der Waals surface area contributed by atoms with Crippen LogP contribution in [0.2, 0.25) is 0 Å². The van der Waals surface area contributed by atoms with Gasteiger partial charge in [0.05, 0.1) is 6.42 Å². The first-order chi connectivity index (χ1) is 8.99. The fraction of sp³-hybridized carbons (Fsp3) is 0.846. The molecule has 2 rings (SSSR count). The zero-order valence-electron chi connectivity index (χ0n) is 11.5. The lowest BCUT2D eigenvalue weighted by molar-refractivity contribution is -0.137. The lowest BCUT2D eigenvalue weighted by Crippen LogP contribution is -2.54. The van der Waals surface area contributed by atoms with E-state index in [0.29, 0.717) is 11.2 Å². The molecule has 6 heteroatoms. The SMILES string of the molecule is CC1SCCN(C(=O)NC(CC(=O)O)C2CC2)C1C. The molecule has 2 fully saturated rings. The summed E-state index contributed by atoms with van der Waals surface area (Å²) < 4.78 is 0. The summed E-state index contributed by atoms with van der Waals surface area (Å²) in [4.78, 5) is 25.0. The number of nitrogens with zero attached hydrogens (tertiary/aromatic N) is 1. The van der Waals surface area contributed by atoms with Crippen molar-refractivity contribution in [2.24, 2.45) is 5.92 Å². The highest BCUT2D eigenvalue weighted by Crippen LogP contribution is 2.34. The Balaban J connectivity index is 1.92. The van der Waals surface area contributed by atoms with E-state index in [9.17, 15) is 9.59 Å². The summed E-state index contributed by atoms with van der Waals surface area (Å²) in [5, 5.41) is 12.3. The van der Waals surface area contributed by atoms with Crippen LogP contribution in [0.4, 0.5) is 4.79 Å². The van der Waals surface area contributed by atoms with Gasteiger partial charge in [0.1, 0.15) is 0 Å². The number of carbonyl (C=O) groups excluding carboxylic acids is 1. The van der Waals surface area contributed by atoms with E-state index in [1.807, 2.05) is 16.7 Å². The van der Waals surface area contributed by atoms with Crippen molar-refractivity contribution in [2.75, 3.05) is 12.3 Å². The van der Waals surface area contributed by atoms with E-state index in [4.69, 9.17) is 5.11 Å². The molecule has 1 heterocycles. The van der Waals surface area contributed by atoms with Gasteiger partial charge in [-0.25, -0.2) is 4.79 Å². The van der Waals surface area contributed by atoms with Gasteiger partial charge in [-0.3, -0.25) is 4.79 Å². The second-order valence-corrected chi connectivity index (χ2v) is 6.99. The van der Waals surface area contributed by atoms with E-state index >= 15 is 0 Å². The molecule has 5 nitrogen and oxygen atoms in total. The van der Waals surface area contributed by atoms with Crippen LogP contribution in [0.25, 0.3) is 0 Å². The largest absolute Gasteiger partial charge is 0.481 e. The number of rotatable bonds is 4. The molecular weight excluding hydrogens is 264 g/mol. The monoisotopic (exact) mass is 286 g/mol. The Kier molecular flexibility index (Phi) is 4.60. The Hall–Kier alpha value is -0.910. The van der Waals surface area contributed by atoms with Crippen LogP contribution in [0.5, 0.6) is 0 Å². The highest BCUT2D eigenvalue weighted by atomic mass is 32.2. The fourth-order valence-electron chi connectivity index (χ4n) is 2.48. The first-order valence-electron chi connectivity index (χ1n) is 6.89. The van der Waals surface area contributed by atoms with Crippen molar-refractivity contribution in [2.45, 2.75) is 50.4 Å².